The average Bonchev–Trinajstić information content (AvgIpc) is 3.02. The van der Waals surface area contributed by atoms with Crippen LogP contribution in [0.4, 0.5) is 13.2 Å². The summed E-state index contributed by atoms with van der Waals surface area (Å²) in [6.07, 6.45) is -3.03. The number of nitrogens with zero attached hydrogens (tertiary/aromatic N) is 2. The minimum absolute atomic E-state index is 0.0243. The lowest BCUT2D eigenvalue weighted by Crippen LogP contribution is -2.26. The highest BCUT2D eigenvalue weighted by atomic mass is 32.2. The second-order valence-electron chi connectivity index (χ2n) is 7.09. The SMILES string of the molecule is CC(C)Oc1ccc(S(C)(=O)=O)cc1C(=O)N1Cc2cc(C(F)(F)F)cnc2C1. The summed E-state index contributed by atoms with van der Waals surface area (Å²) in [5.41, 5.74) is -0.172. The molecular weight excluding hydrogens is 409 g/mol. The van der Waals surface area contributed by atoms with Gasteiger partial charge in [-0.15, -0.1) is 0 Å². The van der Waals surface area contributed by atoms with Crippen molar-refractivity contribution in [3.05, 3.63) is 52.8 Å². The topological polar surface area (TPSA) is 76.6 Å². The third-order valence-electron chi connectivity index (χ3n) is 4.35. The zero-order valence-corrected chi connectivity index (χ0v) is 16.8. The van der Waals surface area contributed by atoms with Crippen LogP contribution in [-0.2, 0) is 29.1 Å². The summed E-state index contributed by atoms with van der Waals surface area (Å²) in [6.45, 7) is 3.48. The van der Waals surface area contributed by atoms with Crippen LogP contribution in [0.5, 0.6) is 5.75 Å². The van der Waals surface area contributed by atoms with Crippen LogP contribution in [0.25, 0.3) is 0 Å². The van der Waals surface area contributed by atoms with Gasteiger partial charge in [-0.25, -0.2) is 8.42 Å². The van der Waals surface area contributed by atoms with Crippen LogP contribution in [0.15, 0.2) is 35.4 Å². The van der Waals surface area contributed by atoms with Crippen molar-refractivity contribution in [2.24, 2.45) is 0 Å². The first-order chi connectivity index (χ1) is 13.4. The third kappa shape index (κ3) is 4.52. The highest BCUT2D eigenvalue weighted by Crippen LogP contribution is 2.33. The average molecular weight is 428 g/mol. The maximum Gasteiger partial charge on any atom is 0.417 e. The number of ether oxygens (including phenoxy) is 1. The molecule has 0 atom stereocenters. The summed E-state index contributed by atoms with van der Waals surface area (Å²) >= 11 is 0. The molecule has 1 aliphatic heterocycles. The van der Waals surface area contributed by atoms with E-state index >= 15 is 0 Å². The lowest BCUT2D eigenvalue weighted by molar-refractivity contribution is -0.137. The van der Waals surface area contributed by atoms with Crippen LogP contribution < -0.4 is 4.74 Å². The van der Waals surface area contributed by atoms with E-state index in [1.165, 1.54) is 23.1 Å². The molecule has 2 aromatic rings. The highest BCUT2D eigenvalue weighted by molar-refractivity contribution is 7.90. The van der Waals surface area contributed by atoms with Crippen LogP contribution in [0.3, 0.4) is 0 Å². The molecule has 0 saturated carbocycles. The fraction of sp³-hybridized carbons (Fsp3) is 0.368. The van der Waals surface area contributed by atoms with Gasteiger partial charge in [-0.1, -0.05) is 0 Å². The number of amides is 1. The van der Waals surface area contributed by atoms with Crippen LogP contribution >= 0.6 is 0 Å². The molecule has 29 heavy (non-hydrogen) atoms. The minimum atomic E-state index is -4.53. The minimum Gasteiger partial charge on any atom is -0.490 e. The molecule has 0 radical (unpaired) electrons. The molecular formula is C19H19F3N2O4S. The highest BCUT2D eigenvalue weighted by Gasteiger charge is 2.34. The molecule has 10 heteroatoms. The number of alkyl halides is 3. The summed E-state index contributed by atoms with van der Waals surface area (Å²) in [5.74, 6) is -0.338. The van der Waals surface area contributed by atoms with Crippen molar-refractivity contribution in [2.75, 3.05) is 6.26 Å². The summed E-state index contributed by atoms with van der Waals surface area (Å²) in [6, 6.07) is 4.97. The number of hydrogen-bond acceptors (Lipinski definition) is 5. The summed E-state index contributed by atoms with van der Waals surface area (Å²) < 4.78 is 68.1. The number of pyridine rings is 1. The van der Waals surface area contributed by atoms with E-state index in [0.29, 0.717) is 11.3 Å². The van der Waals surface area contributed by atoms with Gasteiger partial charge in [0.25, 0.3) is 5.91 Å². The van der Waals surface area contributed by atoms with Gasteiger partial charge in [-0.05, 0) is 43.7 Å². The van der Waals surface area contributed by atoms with Crippen molar-refractivity contribution in [1.29, 1.82) is 0 Å². The molecule has 0 unspecified atom stereocenters. The third-order valence-corrected chi connectivity index (χ3v) is 5.46. The number of carbonyl (C=O) groups is 1. The molecule has 0 N–H and O–H groups in total. The molecule has 1 aromatic heterocycles. The van der Waals surface area contributed by atoms with Crippen molar-refractivity contribution in [3.63, 3.8) is 0 Å². The quantitative estimate of drug-likeness (QED) is 0.746. The smallest absolute Gasteiger partial charge is 0.417 e. The van der Waals surface area contributed by atoms with Gasteiger partial charge in [0.1, 0.15) is 5.75 Å². The Bertz CT molecular complexity index is 1070. The van der Waals surface area contributed by atoms with Gasteiger partial charge >= 0.3 is 6.18 Å². The largest absolute Gasteiger partial charge is 0.490 e. The summed E-state index contributed by atoms with van der Waals surface area (Å²) in [7, 11) is -3.57. The Labute approximate surface area is 166 Å². The van der Waals surface area contributed by atoms with E-state index in [9.17, 15) is 26.4 Å². The van der Waals surface area contributed by atoms with E-state index < -0.39 is 27.5 Å². The summed E-state index contributed by atoms with van der Waals surface area (Å²) in [5, 5.41) is 0. The summed E-state index contributed by atoms with van der Waals surface area (Å²) in [4.78, 5) is 18.2. The molecule has 156 valence electrons. The second-order valence-corrected chi connectivity index (χ2v) is 9.10. The van der Waals surface area contributed by atoms with Crippen molar-refractivity contribution in [2.45, 2.75) is 44.1 Å². The monoisotopic (exact) mass is 428 g/mol. The first-order valence-corrected chi connectivity index (χ1v) is 10.6. The van der Waals surface area contributed by atoms with E-state index in [1.54, 1.807) is 13.8 Å². The zero-order valence-electron chi connectivity index (χ0n) is 15.9. The van der Waals surface area contributed by atoms with E-state index in [0.717, 1.165) is 18.5 Å². The standard InChI is InChI=1S/C19H19F3N2O4S/c1-11(2)28-17-5-4-14(29(3,26)27)7-15(17)18(25)24-9-12-6-13(19(20,21)22)8-23-16(12)10-24/h4-8,11H,9-10H2,1-3H3. The maximum atomic E-state index is 13.1. The molecule has 0 bridgehead atoms. The number of benzene rings is 1. The molecule has 1 amide bonds. The number of aromatic nitrogens is 1. The number of rotatable bonds is 4. The van der Waals surface area contributed by atoms with Crippen molar-refractivity contribution in [1.82, 2.24) is 9.88 Å². The Morgan fingerprint density at radius 2 is 1.90 bits per heavy atom. The number of hydrogen-bond donors (Lipinski definition) is 0. The van der Waals surface area contributed by atoms with Crippen molar-refractivity contribution in [3.8, 4) is 5.75 Å². The molecule has 2 heterocycles. The fourth-order valence-corrected chi connectivity index (χ4v) is 3.64. The van der Waals surface area contributed by atoms with E-state index in [-0.39, 0.29) is 35.4 Å². The predicted molar refractivity (Wildman–Crippen MR) is 98.1 cm³/mol. The predicted octanol–water partition coefficient (Wildman–Crippen LogP) is 3.45. The van der Waals surface area contributed by atoms with Gasteiger partial charge in [0.15, 0.2) is 9.84 Å². The molecule has 1 aromatic carbocycles. The fourth-order valence-electron chi connectivity index (χ4n) is 2.99. The molecule has 3 rings (SSSR count). The lowest BCUT2D eigenvalue weighted by Gasteiger charge is -2.19. The number of carbonyl (C=O) groups excluding carboxylic acids is 1. The Kier molecular flexibility index (Phi) is 5.33. The Morgan fingerprint density at radius 1 is 1.21 bits per heavy atom. The van der Waals surface area contributed by atoms with Gasteiger partial charge < -0.3 is 9.64 Å². The van der Waals surface area contributed by atoms with Crippen LogP contribution in [0.2, 0.25) is 0 Å². The first kappa shape index (κ1) is 21.1. The number of fused-ring (bicyclic) bond motifs is 1. The van der Waals surface area contributed by atoms with Gasteiger partial charge in [-0.3, -0.25) is 9.78 Å². The Hall–Kier alpha value is -2.62. The Morgan fingerprint density at radius 3 is 2.48 bits per heavy atom. The molecule has 0 aliphatic carbocycles. The lowest BCUT2D eigenvalue weighted by atomic mass is 10.1. The first-order valence-electron chi connectivity index (χ1n) is 8.71. The van der Waals surface area contributed by atoms with E-state index in [1.807, 2.05) is 0 Å². The number of sulfone groups is 1. The zero-order chi connectivity index (χ0) is 21.6. The van der Waals surface area contributed by atoms with Gasteiger partial charge in [-0.2, -0.15) is 13.2 Å². The van der Waals surface area contributed by atoms with Crippen LogP contribution in [-0.4, -0.2) is 36.6 Å². The maximum absolute atomic E-state index is 13.1. The van der Waals surface area contributed by atoms with Crippen LogP contribution in [0.1, 0.15) is 41.0 Å². The van der Waals surface area contributed by atoms with Gasteiger partial charge in [0.2, 0.25) is 0 Å². The molecule has 0 saturated heterocycles. The van der Waals surface area contributed by atoms with E-state index in [4.69, 9.17) is 4.74 Å². The van der Waals surface area contributed by atoms with Gasteiger partial charge in [0, 0.05) is 19.0 Å². The van der Waals surface area contributed by atoms with Crippen molar-refractivity contribution < 1.29 is 31.1 Å². The Balaban J connectivity index is 1.95. The second kappa shape index (κ2) is 7.33. The van der Waals surface area contributed by atoms with E-state index in [2.05, 4.69) is 4.98 Å². The van der Waals surface area contributed by atoms with Crippen LogP contribution in [0, 0.1) is 0 Å². The molecule has 6 nitrogen and oxygen atoms in total. The molecule has 0 spiro atoms. The van der Waals surface area contributed by atoms with Gasteiger partial charge in [0.05, 0.1) is 34.4 Å². The number of halogens is 3. The normalized spacial score (nSPS) is 14.2. The molecule has 1 aliphatic rings. The molecule has 0 fully saturated rings. The van der Waals surface area contributed by atoms with Crippen molar-refractivity contribution >= 4 is 15.7 Å².